The molecule has 0 unspecified atom stereocenters. The van der Waals surface area contributed by atoms with E-state index in [1.807, 2.05) is 0 Å². The first-order chi connectivity index (χ1) is 7.22. The second kappa shape index (κ2) is 9.89. The second-order valence-corrected chi connectivity index (χ2v) is 3.60. The summed E-state index contributed by atoms with van der Waals surface area (Å²) in [5, 5.41) is 8.90. The first kappa shape index (κ1) is 14.3. The van der Waals surface area contributed by atoms with Gasteiger partial charge in [0.05, 0.1) is 0 Å². The SMILES string of the molecule is CCCCNN[C@@H](CCCCN)C(=O)O. The summed E-state index contributed by atoms with van der Waals surface area (Å²) in [5.41, 5.74) is 11.1. The van der Waals surface area contributed by atoms with E-state index in [1.54, 1.807) is 0 Å². The van der Waals surface area contributed by atoms with Crippen LogP contribution in [0.2, 0.25) is 0 Å². The van der Waals surface area contributed by atoms with Crippen LogP contribution in [0.15, 0.2) is 0 Å². The predicted octanol–water partition coefficient (Wildman–Crippen LogP) is 0.463. The first-order valence-electron chi connectivity index (χ1n) is 5.63. The molecule has 0 rings (SSSR count). The molecule has 0 aromatic heterocycles. The van der Waals surface area contributed by atoms with E-state index in [4.69, 9.17) is 10.8 Å². The molecule has 5 nitrogen and oxygen atoms in total. The summed E-state index contributed by atoms with van der Waals surface area (Å²) >= 11 is 0. The standard InChI is InChI=1S/C10H23N3O2/c1-2-3-8-12-13-9(10(14)15)6-4-5-7-11/h9,12-13H,2-8,11H2,1H3,(H,14,15)/t9-/m0/s1. The van der Waals surface area contributed by atoms with Gasteiger partial charge >= 0.3 is 5.97 Å². The third kappa shape index (κ3) is 8.35. The summed E-state index contributed by atoms with van der Waals surface area (Å²) in [4.78, 5) is 10.8. The average Bonchev–Trinajstić information content (AvgIpc) is 2.21. The maximum Gasteiger partial charge on any atom is 0.322 e. The summed E-state index contributed by atoms with van der Waals surface area (Å²) in [6.07, 6.45) is 4.48. The largest absolute Gasteiger partial charge is 0.480 e. The molecule has 0 fully saturated rings. The van der Waals surface area contributed by atoms with Crippen LogP contribution >= 0.6 is 0 Å². The Morgan fingerprint density at radius 3 is 2.67 bits per heavy atom. The molecule has 0 aliphatic heterocycles. The maximum atomic E-state index is 10.8. The summed E-state index contributed by atoms with van der Waals surface area (Å²) in [7, 11) is 0. The fraction of sp³-hybridized carbons (Fsp3) is 0.900. The molecule has 0 saturated carbocycles. The zero-order chi connectivity index (χ0) is 11.5. The topological polar surface area (TPSA) is 87.4 Å². The minimum Gasteiger partial charge on any atom is -0.480 e. The predicted molar refractivity (Wildman–Crippen MR) is 60.4 cm³/mol. The maximum absolute atomic E-state index is 10.8. The fourth-order valence-electron chi connectivity index (χ4n) is 1.21. The molecule has 0 saturated heterocycles. The molecule has 5 N–H and O–H groups in total. The van der Waals surface area contributed by atoms with E-state index in [2.05, 4.69) is 17.8 Å². The van der Waals surface area contributed by atoms with Crippen LogP contribution in [0.25, 0.3) is 0 Å². The number of nitrogens with one attached hydrogen (secondary N) is 2. The van der Waals surface area contributed by atoms with E-state index < -0.39 is 12.0 Å². The molecule has 0 aromatic rings. The molecule has 0 radical (unpaired) electrons. The third-order valence-corrected chi connectivity index (χ3v) is 2.18. The lowest BCUT2D eigenvalue weighted by Crippen LogP contribution is -2.45. The van der Waals surface area contributed by atoms with Gasteiger partial charge in [0.2, 0.25) is 0 Å². The zero-order valence-electron chi connectivity index (χ0n) is 9.46. The quantitative estimate of drug-likeness (QED) is 0.315. The Morgan fingerprint density at radius 2 is 2.13 bits per heavy atom. The molecule has 0 aliphatic carbocycles. The van der Waals surface area contributed by atoms with Crippen LogP contribution in [0, 0.1) is 0 Å². The monoisotopic (exact) mass is 217 g/mol. The number of carboxylic acids is 1. The van der Waals surface area contributed by atoms with Crippen molar-refractivity contribution in [2.45, 2.75) is 45.1 Å². The Bertz CT molecular complexity index is 165. The number of carbonyl (C=O) groups is 1. The number of carboxylic acid groups (broad SMARTS) is 1. The van der Waals surface area contributed by atoms with E-state index >= 15 is 0 Å². The second-order valence-electron chi connectivity index (χ2n) is 3.60. The van der Waals surface area contributed by atoms with Crippen molar-refractivity contribution >= 4 is 5.97 Å². The van der Waals surface area contributed by atoms with Crippen molar-refractivity contribution in [3.8, 4) is 0 Å². The molecular weight excluding hydrogens is 194 g/mol. The van der Waals surface area contributed by atoms with Gasteiger partial charge in [0.1, 0.15) is 6.04 Å². The minimum absolute atomic E-state index is 0.506. The Morgan fingerprint density at radius 1 is 1.40 bits per heavy atom. The Labute approximate surface area is 91.4 Å². The van der Waals surface area contributed by atoms with E-state index in [1.165, 1.54) is 0 Å². The van der Waals surface area contributed by atoms with Crippen molar-refractivity contribution in [2.75, 3.05) is 13.1 Å². The van der Waals surface area contributed by atoms with Crippen LogP contribution in [-0.2, 0) is 4.79 Å². The molecule has 0 bridgehead atoms. The van der Waals surface area contributed by atoms with Crippen LogP contribution in [-0.4, -0.2) is 30.2 Å². The molecular formula is C10H23N3O2. The molecule has 0 aromatic carbocycles. The van der Waals surface area contributed by atoms with Gasteiger partial charge in [-0.15, -0.1) is 0 Å². The number of aliphatic carboxylic acids is 1. The van der Waals surface area contributed by atoms with Crippen molar-refractivity contribution < 1.29 is 9.90 Å². The van der Waals surface area contributed by atoms with Crippen molar-refractivity contribution in [2.24, 2.45) is 5.73 Å². The lowest BCUT2D eigenvalue weighted by Gasteiger charge is -2.14. The Hall–Kier alpha value is -0.650. The van der Waals surface area contributed by atoms with Gasteiger partial charge in [0.15, 0.2) is 0 Å². The fourth-order valence-corrected chi connectivity index (χ4v) is 1.21. The highest BCUT2D eigenvalue weighted by molar-refractivity contribution is 5.73. The molecule has 0 aliphatic rings. The molecule has 0 amide bonds. The minimum atomic E-state index is -0.809. The molecule has 5 heteroatoms. The Kier molecular flexibility index (Phi) is 9.46. The summed E-state index contributed by atoms with van der Waals surface area (Å²) in [6.45, 7) is 3.52. The highest BCUT2D eigenvalue weighted by atomic mass is 16.4. The van der Waals surface area contributed by atoms with Gasteiger partial charge in [-0.2, -0.15) is 0 Å². The van der Waals surface area contributed by atoms with Crippen LogP contribution in [0.3, 0.4) is 0 Å². The molecule has 0 spiro atoms. The highest BCUT2D eigenvalue weighted by Gasteiger charge is 2.15. The lowest BCUT2D eigenvalue weighted by molar-refractivity contribution is -0.140. The van der Waals surface area contributed by atoms with Gasteiger partial charge in [0.25, 0.3) is 0 Å². The van der Waals surface area contributed by atoms with Crippen molar-refractivity contribution in [1.82, 2.24) is 10.9 Å². The number of hydrazine groups is 1. The van der Waals surface area contributed by atoms with Crippen molar-refractivity contribution in [1.29, 1.82) is 0 Å². The van der Waals surface area contributed by atoms with Crippen LogP contribution < -0.4 is 16.6 Å². The normalized spacial score (nSPS) is 12.7. The summed E-state index contributed by atoms with van der Waals surface area (Å²) < 4.78 is 0. The van der Waals surface area contributed by atoms with Gasteiger partial charge in [-0.25, -0.2) is 5.43 Å². The van der Waals surface area contributed by atoms with Gasteiger partial charge in [-0.1, -0.05) is 13.3 Å². The smallest absolute Gasteiger partial charge is 0.322 e. The average molecular weight is 217 g/mol. The number of rotatable bonds is 10. The summed E-state index contributed by atoms with van der Waals surface area (Å²) in [5.74, 6) is -0.809. The van der Waals surface area contributed by atoms with Crippen molar-refractivity contribution in [3.05, 3.63) is 0 Å². The molecule has 15 heavy (non-hydrogen) atoms. The molecule has 90 valence electrons. The van der Waals surface area contributed by atoms with E-state index in [0.29, 0.717) is 13.0 Å². The highest BCUT2D eigenvalue weighted by Crippen LogP contribution is 1.99. The summed E-state index contributed by atoms with van der Waals surface area (Å²) in [6, 6.07) is -0.506. The van der Waals surface area contributed by atoms with Gasteiger partial charge < -0.3 is 10.8 Å². The lowest BCUT2D eigenvalue weighted by atomic mass is 10.1. The van der Waals surface area contributed by atoms with Crippen LogP contribution in [0.4, 0.5) is 0 Å². The van der Waals surface area contributed by atoms with Crippen molar-refractivity contribution in [3.63, 3.8) is 0 Å². The number of hydrogen-bond acceptors (Lipinski definition) is 4. The van der Waals surface area contributed by atoms with E-state index in [-0.39, 0.29) is 0 Å². The van der Waals surface area contributed by atoms with E-state index in [9.17, 15) is 4.79 Å². The number of nitrogens with two attached hydrogens (primary N) is 1. The third-order valence-electron chi connectivity index (χ3n) is 2.18. The van der Waals surface area contributed by atoms with Crippen LogP contribution in [0.1, 0.15) is 39.0 Å². The number of hydrogen-bond donors (Lipinski definition) is 4. The zero-order valence-corrected chi connectivity index (χ0v) is 9.46. The molecule has 0 heterocycles. The van der Waals surface area contributed by atoms with Gasteiger partial charge in [-0.05, 0) is 32.2 Å². The first-order valence-corrected chi connectivity index (χ1v) is 5.63. The Balaban J connectivity index is 3.59. The number of unbranched alkanes of at least 4 members (excludes halogenated alkanes) is 2. The van der Waals surface area contributed by atoms with Crippen LogP contribution in [0.5, 0.6) is 0 Å². The van der Waals surface area contributed by atoms with Gasteiger partial charge in [-0.3, -0.25) is 10.2 Å². The molecule has 1 atom stereocenters. The van der Waals surface area contributed by atoms with E-state index in [0.717, 1.165) is 32.2 Å². The van der Waals surface area contributed by atoms with Gasteiger partial charge in [0, 0.05) is 6.54 Å².